The molecule has 3 aliphatic rings. The van der Waals surface area contributed by atoms with Crippen LogP contribution in [0.1, 0.15) is 36.1 Å². The Morgan fingerprint density at radius 2 is 2.26 bits per heavy atom. The standard InChI is InChI=1S/C22H26N4O/c1-13-12-25-21(24-8-4-3-7-23)18-17-6-5-14-9-16(27-2)10-15-11-22(14,15)20(17)26-19(13)18/h5-6,9-10,12,15,26H,3-4,7-8,11,23H2,1-2H3,(H,24,25). The molecule has 0 amide bonds. The lowest BCUT2D eigenvalue weighted by atomic mass is 9.80. The van der Waals surface area contributed by atoms with Gasteiger partial charge in [-0.1, -0.05) is 12.2 Å². The Labute approximate surface area is 159 Å². The lowest BCUT2D eigenvalue weighted by Crippen LogP contribution is -2.19. The monoisotopic (exact) mass is 362 g/mol. The van der Waals surface area contributed by atoms with Gasteiger partial charge in [-0.3, -0.25) is 0 Å². The molecule has 0 saturated heterocycles. The van der Waals surface area contributed by atoms with Gasteiger partial charge >= 0.3 is 0 Å². The van der Waals surface area contributed by atoms with Crippen LogP contribution in [0.15, 0.2) is 35.8 Å². The summed E-state index contributed by atoms with van der Waals surface area (Å²) < 4.78 is 5.49. The SMILES string of the molecule is COC1=CC2CC23C(=C1)C=Cc1c3[nH]c2c(C)cnc(NCCCCN)c12. The van der Waals surface area contributed by atoms with Crippen molar-refractivity contribution in [2.45, 2.75) is 31.6 Å². The summed E-state index contributed by atoms with van der Waals surface area (Å²) in [4.78, 5) is 8.49. The maximum atomic E-state index is 5.62. The summed E-state index contributed by atoms with van der Waals surface area (Å²) in [6.45, 7) is 3.75. The highest BCUT2D eigenvalue weighted by molar-refractivity contribution is 6.01. The van der Waals surface area contributed by atoms with E-state index in [-0.39, 0.29) is 5.41 Å². The highest BCUT2D eigenvalue weighted by atomic mass is 16.5. The Bertz CT molecular complexity index is 1010. The van der Waals surface area contributed by atoms with Crippen molar-refractivity contribution in [3.8, 4) is 0 Å². The smallest absolute Gasteiger partial charge is 0.136 e. The molecule has 1 spiro atoms. The molecule has 2 aromatic heterocycles. The number of methoxy groups -OCH3 is 1. The molecule has 0 aliphatic heterocycles. The number of nitrogens with one attached hydrogen (secondary N) is 2. The van der Waals surface area contributed by atoms with Crippen LogP contribution >= 0.6 is 0 Å². The van der Waals surface area contributed by atoms with Crippen LogP contribution in [0.3, 0.4) is 0 Å². The topological polar surface area (TPSA) is 76.0 Å². The molecule has 5 nitrogen and oxygen atoms in total. The third-order valence-electron chi connectivity index (χ3n) is 6.28. The molecule has 5 heteroatoms. The number of rotatable bonds is 6. The summed E-state index contributed by atoms with van der Waals surface area (Å²) >= 11 is 0. The molecule has 2 heterocycles. The average Bonchev–Trinajstić information content (AvgIpc) is 3.27. The molecule has 1 saturated carbocycles. The van der Waals surface area contributed by atoms with Crippen molar-refractivity contribution in [1.82, 2.24) is 9.97 Å². The van der Waals surface area contributed by atoms with E-state index < -0.39 is 0 Å². The van der Waals surface area contributed by atoms with E-state index in [1.54, 1.807) is 7.11 Å². The first-order chi connectivity index (χ1) is 13.2. The quantitative estimate of drug-likeness (QED) is 0.684. The van der Waals surface area contributed by atoms with Crippen LogP contribution in [0, 0.1) is 12.8 Å². The van der Waals surface area contributed by atoms with Gasteiger partial charge in [-0.05, 0) is 61.9 Å². The number of aromatic amines is 1. The average molecular weight is 362 g/mol. The van der Waals surface area contributed by atoms with E-state index in [0.717, 1.165) is 43.9 Å². The second kappa shape index (κ2) is 5.99. The van der Waals surface area contributed by atoms with Crippen molar-refractivity contribution in [1.29, 1.82) is 0 Å². The Morgan fingerprint density at radius 1 is 1.37 bits per heavy atom. The van der Waals surface area contributed by atoms with E-state index >= 15 is 0 Å². The van der Waals surface area contributed by atoms with Crippen molar-refractivity contribution in [3.05, 3.63) is 52.6 Å². The molecule has 2 atom stereocenters. The summed E-state index contributed by atoms with van der Waals surface area (Å²) in [5, 5.41) is 4.75. The van der Waals surface area contributed by atoms with Gasteiger partial charge in [0.15, 0.2) is 0 Å². The second-order valence-electron chi connectivity index (χ2n) is 7.86. The summed E-state index contributed by atoms with van der Waals surface area (Å²) in [6, 6.07) is 0. The molecule has 0 radical (unpaired) electrons. The van der Waals surface area contributed by atoms with Gasteiger partial charge in [-0.25, -0.2) is 4.98 Å². The first kappa shape index (κ1) is 16.6. The van der Waals surface area contributed by atoms with Crippen LogP contribution in [-0.4, -0.2) is 30.2 Å². The Hall–Kier alpha value is -2.53. The number of pyridine rings is 1. The van der Waals surface area contributed by atoms with E-state index in [9.17, 15) is 0 Å². The van der Waals surface area contributed by atoms with Gasteiger partial charge in [0.25, 0.3) is 0 Å². The van der Waals surface area contributed by atoms with Crippen LogP contribution in [0.2, 0.25) is 0 Å². The summed E-state index contributed by atoms with van der Waals surface area (Å²) in [5.74, 6) is 2.46. The fourth-order valence-corrected chi connectivity index (χ4v) is 4.75. The van der Waals surface area contributed by atoms with Gasteiger partial charge in [0, 0.05) is 34.8 Å². The number of aryl methyl sites for hydroxylation is 1. The van der Waals surface area contributed by atoms with E-state index in [4.69, 9.17) is 15.5 Å². The first-order valence-electron chi connectivity index (χ1n) is 9.81. The normalized spacial score (nSPS) is 24.6. The highest BCUT2D eigenvalue weighted by Gasteiger charge is 2.60. The van der Waals surface area contributed by atoms with Gasteiger partial charge in [0.2, 0.25) is 0 Å². The highest BCUT2D eigenvalue weighted by Crippen LogP contribution is 2.65. The Balaban J connectivity index is 1.60. The van der Waals surface area contributed by atoms with Crippen molar-refractivity contribution < 1.29 is 4.74 Å². The lowest BCUT2D eigenvalue weighted by molar-refractivity contribution is 0.301. The number of anilines is 1. The van der Waals surface area contributed by atoms with Crippen LogP contribution in [0.5, 0.6) is 0 Å². The Kier molecular flexibility index (Phi) is 3.69. The number of fused-ring (bicyclic) bond motifs is 3. The van der Waals surface area contributed by atoms with Gasteiger partial charge in [-0.2, -0.15) is 0 Å². The molecule has 2 aromatic rings. The first-order valence-corrected chi connectivity index (χ1v) is 9.81. The zero-order valence-corrected chi connectivity index (χ0v) is 15.9. The van der Waals surface area contributed by atoms with Crippen LogP contribution < -0.4 is 11.1 Å². The number of aromatic nitrogens is 2. The third-order valence-corrected chi connectivity index (χ3v) is 6.28. The van der Waals surface area contributed by atoms with E-state index in [1.807, 2.05) is 6.20 Å². The minimum atomic E-state index is 0.0917. The molecular weight excluding hydrogens is 336 g/mol. The predicted octanol–water partition coefficient (Wildman–Crippen LogP) is 3.78. The summed E-state index contributed by atoms with van der Waals surface area (Å²) in [6.07, 6.45) is 14.2. The predicted molar refractivity (Wildman–Crippen MR) is 110 cm³/mol. The molecule has 2 unspecified atom stereocenters. The van der Waals surface area contributed by atoms with Crippen molar-refractivity contribution in [2.24, 2.45) is 11.7 Å². The molecule has 140 valence electrons. The number of ether oxygens (including phenoxy) is 1. The van der Waals surface area contributed by atoms with E-state index in [0.29, 0.717) is 5.92 Å². The zero-order valence-electron chi connectivity index (χ0n) is 15.9. The number of hydrogen-bond donors (Lipinski definition) is 3. The number of H-pyrrole nitrogens is 1. The number of nitrogens with two attached hydrogens (primary N) is 1. The number of nitrogens with zero attached hydrogens (tertiary/aromatic N) is 1. The minimum absolute atomic E-state index is 0.0917. The summed E-state index contributed by atoms with van der Waals surface area (Å²) in [5.41, 5.74) is 12.1. The second-order valence-corrected chi connectivity index (χ2v) is 7.86. The largest absolute Gasteiger partial charge is 0.497 e. The maximum Gasteiger partial charge on any atom is 0.136 e. The van der Waals surface area contributed by atoms with Crippen molar-refractivity contribution in [2.75, 3.05) is 25.5 Å². The van der Waals surface area contributed by atoms with Crippen LogP contribution in [0.25, 0.3) is 17.0 Å². The third kappa shape index (κ3) is 2.31. The molecular formula is C22H26N4O. The van der Waals surface area contributed by atoms with Gasteiger partial charge in [-0.15, -0.1) is 0 Å². The minimum Gasteiger partial charge on any atom is -0.497 e. The molecule has 0 aromatic carbocycles. The molecule has 5 rings (SSSR count). The van der Waals surface area contributed by atoms with Crippen LogP contribution in [0.4, 0.5) is 5.82 Å². The molecule has 0 bridgehead atoms. The number of allylic oxidation sites excluding steroid dienone is 4. The summed E-state index contributed by atoms with van der Waals surface area (Å²) in [7, 11) is 1.75. The lowest BCUT2D eigenvalue weighted by Gasteiger charge is -2.25. The van der Waals surface area contributed by atoms with Crippen LogP contribution in [-0.2, 0) is 10.2 Å². The maximum absolute atomic E-state index is 5.62. The van der Waals surface area contributed by atoms with Crippen molar-refractivity contribution >= 4 is 22.8 Å². The van der Waals surface area contributed by atoms with E-state index in [1.165, 1.54) is 33.3 Å². The number of unbranched alkanes of at least 4 members (excludes halogenated alkanes) is 1. The van der Waals surface area contributed by atoms with Crippen molar-refractivity contribution in [3.63, 3.8) is 0 Å². The Morgan fingerprint density at radius 3 is 3.07 bits per heavy atom. The van der Waals surface area contributed by atoms with Gasteiger partial charge in [0.05, 0.1) is 12.6 Å². The molecule has 27 heavy (non-hydrogen) atoms. The zero-order chi connectivity index (χ0) is 18.6. The fourth-order valence-electron chi connectivity index (χ4n) is 4.75. The van der Waals surface area contributed by atoms with Gasteiger partial charge in [0.1, 0.15) is 11.6 Å². The molecule has 1 fully saturated rings. The molecule has 4 N–H and O–H groups in total. The van der Waals surface area contributed by atoms with Gasteiger partial charge < -0.3 is 20.8 Å². The fraction of sp³-hybridized carbons (Fsp3) is 0.409. The van der Waals surface area contributed by atoms with E-state index in [2.05, 4.69) is 41.5 Å². The number of hydrogen-bond acceptors (Lipinski definition) is 4. The molecule has 3 aliphatic carbocycles.